The van der Waals surface area contributed by atoms with E-state index in [-0.39, 0.29) is 11.9 Å². The molecule has 2 rings (SSSR count). The number of hydrogen-bond acceptors (Lipinski definition) is 5. The average molecular weight is 250 g/mol. The molecule has 1 aliphatic rings. The highest BCUT2D eigenvalue weighted by molar-refractivity contribution is 5.95. The predicted octanol–water partition coefficient (Wildman–Crippen LogP) is 0.646. The zero-order chi connectivity index (χ0) is 13.0. The summed E-state index contributed by atoms with van der Waals surface area (Å²) in [6.07, 6.45) is 3.99. The first-order chi connectivity index (χ1) is 8.72. The summed E-state index contributed by atoms with van der Waals surface area (Å²) in [6, 6.07) is 1.15. The Hall–Kier alpha value is -2.18. The van der Waals surface area contributed by atoms with Crippen LogP contribution in [0, 0.1) is 0 Å². The van der Waals surface area contributed by atoms with Gasteiger partial charge in [-0.2, -0.15) is 0 Å². The monoisotopic (exact) mass is 250 g/mol. The minimum atomic E-state index is -0.513. The van der Waals surface area contributed by atoms with Gasteiger partial charge in [0.05, 0.1) is 7.11 Å². The Labute approximate surface area is 104 Å². The smallest absolute Gasteiger partial charge is 0.410 e. The van der Waals surface area contributed by atoms with E-state index >= 15 is 0 Å². The highest BCUT2D eigenvalue weighted by atomic mass is 16.5. The fourth-order valence-electron chi connectivity index (χ4n) is 1.93. The number of carbonyl (C=O) groups is 2. The number of aromatic nitrogens is 2. The van der Waals surface area contributed by atoms with Crippen molar-refractivity contribution in [3.8, 4) is 0 Å². The number of carbonyl (C=O) groups excluding carboxylic acids is 2. The van der Waals surface area contributed by atoms with Crippen molar-refractivity contribution in [3.05, 3.63) is 18.5 Å². The average Bonchev–Trinajstić information content (AvgIpc) is 2.88. The Morgan fingerprint density at radius 2 is 2.17 bits per heavy atom. The number of amides is 2. The largest absolute Gasteiger partial charge is 0.453 e. The predicted molar refractivity (Wildman–Crippen MR) is 62.8 cm³/mol. The number of methoxy groups -OCH3 is 1. The fraction of sp³-hybridized carbons (Fsp3) is 0.455. The Bertz CT molecular complexity index is 437. The summed E-state index contributed by atoms with van der Waals surface area (Å²) in [6.45, 7) is 0.528. The molecular formula is C11H14N4O3. The number of hydrogen-bond donors (Lipinski definition) is 1. The normalized spacial score (nSPS) is 18.5. The van der Waals surface area contributed by atoms with Crippen LogP contribution in [0.25, 0.3) is 0 Å². The van der Waals surface area contributed by atoms with Gasteiger partial charge in [-0.1, -0.05) is 0 Å². The Kier molecular flexibility index (Phi) is 3.71. The molecular weight excluding hydrogens is 236 g/mol. The lowest BCUT2D eigenvalue weighted by atomic mass is 10.2. The Balaban J connectivity index is 2.02. The van der Waals surface area contributed by atoms with Crippen LogP contribution in [-0.2, 0) is 9.53 Å². The molecule has 1 saturated heterocycles. The lowest BCUT2D eigenvalue weighted by molar-refractivity contribution is -0.120. The lowest BCUT2D eigenvalue weighted by Crippen LogP contribution is -2.43. The van der Waals surface area contributed by atoms with Gasteiger partial charge in [-0.05, 0) is 18.9 Å². The molecule has 1 aliphatic heterocycles. The second-order valence-corrected chi connectivity index (χ2v) is 3.88. The van der Waals surface area contributed by atoms with Crippen molar-refractivity contribution in [2.75, 3.05) is 19.0 Å². The van der Waals surface area contributed by atoms with Crippen molar-refractivity contribution in [1.29, 1.82) is 0 Å². The van der Waals surface area contributed by atoms with Gasteiger partial charge in [0.15, 0.2) is 0 Å². The summed E-state index contributed by atoms with van der Waals surface area (Å²) < 4.78 is 4.64. The maximum Gasteiger partial charge on any atom is 0.410 e. The molecule has 0 aromatic carbocycles. The van der Waals surface area contributed by atoms with Crippen molar-refractivity contribution in [1.82, 2.24) is 14.9 Å². The number of ether oxygens (including phenoxy) is 1. The molecule has 1 aromatic heterocycles. The van der Waals surface area contributed by atoms with Crippen LogP contribution in [0.1, 0.15) is 12.8 Å². The second-order valence-electron chi connectivity index (χ2n) is 3.88. The molecule has 0 spiro atoms. The van der Waals surface area contributed by atoms with Gasteiger partial charge in [0.25, 0.3) is 0 Å². The van der Waals surface area contributed by atoms with E-state index in [0.717, 1.165) is 6.42 Å². The number of likely N-dealkylation sites (tertiary alicyclic amines) is 1. The third-order valence-corrected chi connectivity index (χ3v) is 2.77. The van der Waals surface area contributed by atoms with Crippen LogP contribution in [0.3, 0.4) is 0 Å². The van der Waals surface area contributed by atoms with E-state index in [1.54, 1.807) is 6.07 Å². The summed E-state index contributed by atoms with van der Waals surface area (Å²) in [5, 5.41) is 2.58. The number of rotatable bonds is 2. The summed E-state index contributed by atoms with van der Waals surface area (Å²) in [7, 11) is 1.30. The lowest BCUT2D eigenvalue weighted by Gasteiger charge is -2.21. The van der Waals surface area contributed by atoms with Crippen LogP contribution < -0.4 is 5.32 Å². The molecule has 7 heteroatoms. The minimum Gasteiger partial charge on any atom is -0.453 e. The van der Waals surface area contributed by atoms with E-state index in [1.165, 1.54) is 24.4 Å². The maximum atomic E-state index is 12.0. The number of anilines is 1. The first-order valence-electron chi connectivity index (χ1n) is 5.65. The first-order valence-corrected chi connectivity index (χ1v) is 5.65. The van der Waals surface area contributed by atoms with Crippen LogP contribution in [0.5, 0.6) is 0 Å². The Morgan fingerprint density at radius 1 is 1.44 bits per heavy atom. The van der Waals surface area contributed by atoms with Crippen LogP contribution in [0.2, 0.25) is 0 Å². The third-order valence-electron chi connectivity index (χ3n) is 2.77. The molecule has 96 valence electrons. The standard InChI is InChI=1S/C11H14N4O3/c1-18-11(17)15-7-2-4-8(15)9(16)14-10-12-5-3-6-13-10/h3,5-6,8H,2,4,7H2,1H3,(H,12,13,14,16). The summed E-state index contributed by atoms with van der Waals surface area (Å²) in [5.74, 6) is -0.0525. The molecule has 0 bridgehead atoms. The van der Waals surface area contributed by atoms with E-state index in [4.69, 9.17) is 0 Å². The van der Waals surface area contributed by atoms with E-state index in [1.807, 2.05) is 0 Å². The highest BCUT2D eigenvalue weighted by Crippen LogP contribution is 2.19. The van der Waals surface area contributed by atoms with E-state index in [2.05, 4.69) is 20.0 Å². The van der Waals surface area contributed by atoms with Gasteiger partial charge in [0, 0.05) is 18.9 Å². The second kappa shape index (κ2) is 5.44. The van der Waals surface area contributed by atoms with Gasteiger partial charge in [0.1, 0.15) is 6.04 Å². The number of nitrogens with one attached hydrogen (secondary N) is 1. The molecule has 1 N–H and O–H groups in total. The Morgan fingerprint density at radius 3 is 2.83 bits per heavy atom. The number of nitrogens with zero attached hydrogens (tertiary/aromatic N) is 3. The van der Waals surface area contributed by atoms with Crippen LogP contribution in [-0.4, -0.2) is 46.6 Å². The van der Waals surface area contributed by atoms with Crippen molar-refractivity contribution in [2.45, 2.75) is 18.9 Å². The molecule has 1 unspecified atom stereocenters. The molecule has 2 heterocycles. The van der Waals surface area contributed by atoms with Crippen LogP contribution in [0.15, 0.2) is 18.5 Å². The molecule has 1 atom stereocenters. The summed E-state index contributed by atoms with van der Waals surface area (Å²) in [5.41, 5.74) is 0. The van der Waals surface area contributed by atoms with E-state index in [0.29, 0.717) is 13.0 Å². The highest BCUT2D eigenvalue weighted by Gasteiger charge is 2.34. The molecule has 1 aromatic rings. The zero-order valence-electron chi connectivity index (χ0n) is 10.00. The fourth-order valence-corrected chi connectivity index (χ4v) is 1.93. The first kappa shape index (κ1) is 12.3. The van der Waals surface area contributed by atoms with Crippen molar-refractivity contribution in [2.24, 2.45) is 0 Å². The van der Waals surface area contributed by atoms with Gasteiger partial charge in [-0.15, -0.1) is 0 Å². The third kappa shape index (κ3) is 2.55. The van der Waals surface area contributed by atoms with Crippen LogP contribution >= 0.6 is 0 Å². The molecule has 0 radical (unpaired) electrons. The van der Waals surface area contributed by atoms with Crippen molar-refractivity contribution >= 4 is 17.9 Å². The van der Waals surface area contributed by atoms with Crippen molar-refractivity contribution < 1.29 is 14.3 Å². The van der Waals surface area contributed by atoms with Crippen LogP contribution in [0.4, 0.5) is 10.7 Å². The molecule has 18 heavy (non-hydrogen) atoms. The quantitative estimate of drug-likeness (QED) is 0.832. The van der Waals surface area contributed by atoms with E-state index < -0.39 is 12.1 Å². The molecule has 2 amide bonds. The molecule has 0 saturated carbocycles. The van der Waals surface area contributed by atoms with Gasteiger partial charge in [-0.3, -0.25) is 15.0 Å². The summed E-state index contributed by atoms with van der Waals surface area (Å²) >= 11 is 0. The van der Waals surface area contributed by atoms with Gasteiger partial charge >= 0.3 is 6.09 Å². The molecule has 0 aliphatic carbocycles. The van der Waals surface area contributed by atoms with Gasteiger partial charge in [0.2, 0.25) is 11.9 Å². The molecule has 7 nitrogen and oxygen atoms in total. The van der Waals surface area contributed by atoms with Gasteiger partial charge < -0.3 is 4.74 Å². The maximum absolute atomic E-state index is 12.0. The summed E-state index contributed by atoms with van der Waals surface area (Å²) in [4.78, 5) is 32.7. The minimum absolute atomic E-state index is 0.235. The SMILES string of the molecule is COC(=O)N1CCCC1C(=O)Nc1ncccn1. The zero-order valence-corrected chi connectivity index (χ0v) is 10.00. The molecule has 1 fully saturated rings. The topological polar surface area (TPSA) is 84.4 Å². The van der Waals surface area contributed by atoms with Gasteiger partial charge in [-0.25, -0.2) is 14.8 Å². The van der Waals surface area contributed by atoms with E-state index in [9.17, 15) is 9.59 Å². The van der Waals surface area contributed by atoms with Crippen molar-refractivity contribution in [3.63, 3.8) is 0 Å².